The molecule has 4 rings (SSSR count). The van der Waals surface area contributed by atoms with E-state index in [0.717, 1.165) is 29.3 Å². The molecule has 0 radical (unpaired) electrons. The van der Waals surface area contributed by atoms with Gasteiger partial charge < -0.3 is 5.73 Å². The predicted octanol–water partition coefficient (Wildman–Crippen LogP) is 5.28. The fourth-order valence-electron chi connectivity index (χ4n) is 4.25. The van der Waals surface area contributed by atoms with E-state index in [1.54, 1.807) is 12.1 Å². The summed E-state index contributed by atoms with van der Waals surface area (Å²) in [6, 6.07) is 26.2. The van der Waals surface area contributed by atoms with Crippen LogP contribution < -0.4 is 11.3 Å². The van der Waals surface area contributed by atoms with Crippen molar-refractivity contribution in [1.29, 1.82) is 0 Å². The highest BCUT2D eigenvalue weighted by Gasteiger charge is 2.32. The SMILES string of the molecule is NC(N=[NH2+])=NC(=O)c1ccc(C(=O)C(CC(=O)c2cccc(C(F)(F)F)c2)c2ccc(-c3ccccc3)cc2)cc1. The van der Waals surface area contributed by atoms with Gasteiger partial charge in [-0.3, -0.25) is 14.4 Å². The topological polar surface area (TPSA) is 128 Å². The monoisotopic (exact) mass is 557 g/mol. The van der Waals surface area contributed by atoms with E-state index in [-0.39, 0.29) is 23.1 Å². The molecule has 0 heterocycles. The lowest BCUT2D eigenvalue weighted by Crippen LogP contribution is -2.30. The Kier molecular flexibility index (Phi) is 8.62. The molecule has 0 saturated carbocycles. The molecule has 0 aromatic heterocycles. The summed E-state index contributed by atoms with van der Waals surface area (Å²) in [5.74, 6) is -3.21. The zero-order chi connectivity index (χ0) is 29.6. The van der Waals surface area contributed by atoms with Gasteiger partial charge in [-0.2, -0.15) is 18.2 Å². The number of benzene rings is 4. The van der Waals surface area contributed by atoms with Crippen LogP contribution in [-0.4, -0.2) is 23.4 Å². The molecule has 206 valence electrons. The van der Waals surface area contributed by atoms with E-state index in [2.05, 4.69) is 10.1 Å². The van der Waals surface area contributed by atoms with Crippen molar-refractivity contribution in [2.45, 2.75) is 18.5 Å². The summed E-state index contributed by atoms with van der Waals surface area (Å²) in [6.07, 6.45) is -4.99. The number of ketones is 2. The van der Waals surface area contributed by atoms with Crippen LogP contribution in [0.5, 0.6) is 0 Å². The zero-order valence-corrected chi connectivity index (χ0v) is 21.5. The van der Waals surface area contributed by atoms with Crippen molar-refractivity contribution in [3.63, 3.8) is 0 Å². The summed E-state index contributed by atoms with van der Waals surface area (Å²) < 4.78 is 39.7. The molecule has 0 aliphatic carbocycles. The van der Waals surface area contributed by atoms with Crippen molar-refractivity contribution in [3.05, 3.63) is 131 Å². The predicted molar refractivity (Wildman–Crippen MR) is 146 cm³/mol. The number of carbonyl (C=O) groups is 3. The van der Waals surface area contributed by atoms with Gasteiger partial charge >= 0.3 is 6.18 Å². The summed E-state index contributed by atoms with van der Waals surface area (Å²) in [7, 11) is 0. The highest BCUT2D eigenvalue weighted by atomic mass is 19.4. The minimum Gasteiger partial charge on any atom is -0.363 e. The minimum absolute atomic E-state index is 0.122. The largest absolute Gasteiger partial charge is 0.416 e. The Hall–Kier alpha value is -5.25. The average Bonchev–Trinajstić information content (AvgIpc) is 2.99. The number of hydrogen-bond donors (Lipinski definition) is 2. The van der Waals surface area contributed by atoms with Gasteiger partial charge in [-0.15, -0.1) is 5.53 Å². The number of guanidine groups is 1. The van der Waals surface area contributed by atoms with Crippen LogP contribution in [0.2, 0.25) is 0 Å². The van der Waals surface area contributed by atoms with Crippen molar-refractivity contribution in [3.8, 4) is 11.1 Å². The summed E-state index contributed by atoms with van der Waals surface area (Å²) in [6.45, 7) is 0. The fourth-order valence-corrected chi connectivity index (χ4v) is 4.25. The van der Waals surface area contributed by atoms with Crippen LogP contribution in [0, 0.1) is 0 Å². The zero-order valence-electron chi connectivity index (χ0n) is 21.5. The van der Waals surface area contributed by atoms with Crippen LogP contribution in [0.25, 0.3) is 11.1 Å². The molecule has 0 spiro atoms. The molecule has 4 aromatic rings. The molecular weight excluding hydrogens is 533 g/mol. The summed E-state index contributed by atoms with van der Waals surface area (Å²) in [4.78, 5) is 42.6. The van der Waals surface area contributed by atoms with E-state index in [1.807, 2.05) is 42.5 Å². The number of aliphatic imine (C=N–C) groups is 1. The van der Waals surface area contributed by atoms with Gasteiger partial charge in [-0.05, 0) is 41.0 Å². The van der Waals surface area contributed by atoms with Crippen molar-refractivity contribution in [1.82, 2.24) is 0 Å². The fraction of sp³-hybridized carbons (Fsp3) is 0.0968. The van der Waals surface area contributed by atoms with Crippen LogP contribution in [-0.2, 0) is 6.18 Å². The molecule has 10 heteroatoms. The number of Topliss-reactive ketones (excluding diaryl/α,β-unsaturated/α-hetero) is 2. The number of amides is 1. The van der Waals surface area contributed by atoms with Crippen LogP contribution in [0.4, 0.5) is 13.2 Å². The smallest absolute Gasteiger partial charge is 0.363 e. The standard InChI is InChI=1S/C31H23F3N4O3/c32-31(33,34)25-8-4-7-24(17-25)27(39)18-26(21-11-9-20(10-12-21)19-5-2-1-3-6-19)28(40)22-13-15-23(16-14-22)29(41)37-30(35)38-36/h1-17,26,36H,18H2,(H2,35,37,41)/p+1. The van der Waals surface area contributed by atoms with Gasteiger partial charge in [0, 0.05) is 28.2 Å². The molecule has 4 N–H and O–H groups in total. The number of carbonyl (C=O) groups excluding carboxylic acids is 3. The third-order valence-electron chi connectivity index (χ3n) is 6.40. The van der Waals surface area contributed by atoms with Gasteiger partial charge in [0.2, 0.25) is 0 Å². The van der Waals surface area contributed by atoms with Crippen LogP contribution in [0.1, 0.15) is 54.5 Å². The van der Waals surface area contributed by atoms with E-state index in [1.165, 1.54) is 30.3 Å². The van der Waals surface area contributed by atoms with E-state index in [0.29, 0.717) is 5.56 Å². The molecule has 4 aromatic carbocycles. The van der Waals surface area contributed by atoms with E-state index in [9.17, 15) is 27.6 Å². The molecule has 7 nitrogen and oxygen atoms in total. The highest BCUT2D eigenvalue weighted by molar-refractivity contribution is 6.07. The number of rotatable bonds is 8. The molecule has 0 aliphatic rings. The minimum atomic E-state index is -4.62. The molecular formula is C31H24F3N4O3+. The van der Waals surface area contributed by atoms with Crippen LogP contribution >= 0.6 is 0 Å². The number of hydrogen-bond acceptors (Lipinski definition) is 3. The molecule has 0 aliphatic heterocycles. The van der Waals surface area contributed by atoms with Crippen LogP contribution in [0.15, 0.2) is 113 Å². The van der Waals surface area contributed by atoms with Crippen LogP contribution in [0.3, 0.4) is 0 Å². The number of nitrogens with two attached hydrogens (primary N) is 2. The Labute approximate surface area is 233 Å². The first-order valence-electron chi connectivity index (χ1n) is 12.4. The van der Waals surface area contributed by atoms with Gasteiger partial charge in [-0.1, -0.05) is 78.9 Å². The quantitative estimate of drug-likeness (QED) is 0.132. The third kappa shape index (κ3) is 7.04. The first-order valence-corrected chi connectivity index (χ1v) is 12.4. The Morgan fingerprint density at radius 2 is 1.37 bits per heavy atom. The number of nitrogens with zero attached hydrogens (tertiary/aromatic N) is 2. The van der Waals surface area contributed by atoms with Crippen molar-refractivity contribution >= 4 is 23.4 Å². The molecule has 1 unspecified atom stereocenters. The lowest BCUT2D eigenvalue weighted by Gasteiger charge is -2.17. The maximum Gasteiger partial charge on any atom is 0.416 e. The van der Waals surface area contributed by atoms with Gasteiger partial charge in [0.1, 0.15) is 0 Å². The van der Waals surface area contributed by atoms with Gasteiger partial charge in [0.15, 0.2) is 11.6 Å². The second-order valence-corrected chi connectivity index (χ2v) is 9.09. The number of halogens is 3. The lowest BCUT2D eigenvalue weighted by molar-refractivity contribution is -0.207. The normalized spacial score (nSPS) is 12.4. The second kappa shape index (κ2) is 12.3. The summed E-state index contributed by atoms with van der Waals surface area (Å²) >= 11 is 0. The Morgan fingerprint density at radius 3 is 1.98 bits per heavy atom. The molecule has 41 heavy (non-hydrogen) atoms. The average molecular weight is 558 g/mol. The van der Waals surface area contributed by atoms with Gasteiger partial charge in [-0.25, -0.2) is 0 Å². The van der Waals surface area contributed by atoms with E-state index < -0.39 is 41.1 Å². The number of alkyl halides is 3. The Balaban J connectivity index is 1.67. The summed E-state index contributed by atoms with van der Waals surface area (Å²) in [5.41, 5.74) is 11.9. The molecule has 0 saturated heterocycles. The van der Waals surface area contributed by atoms with E-state index in [4.69, 9.17) is 11.3 Å². The first kappa shape index (κ1) is 28.8. The Morgan fingerprint density at radius 1 is 0.756 bits per heavy atom. The third-order valence-corrected chi connectivity index (χ3v) is 6.40. The lowest BCUT2D eigenvalue weighted by atomic mass is 9.84. The second-order valence-electron chi connectivity index (χ2n) is 9.09. The van der Waals surface area contributed by atoms with E-state index >= 15 is 0 Å². The molecule has 1 amide bonds. The first-order chi connectivity index (χ1) is 19.6. The van der Waals surface area contributed by atoms with Crippen molar-refractivity contribution in [2.75, 3.05) is 0 Å². The van der Waals surface area contributed by atoms with Crippen molar-refractivity contribution in [2.24, 2.45) is 15.8 Å². The molecule has 0 bridgehead atoms. The Bertz CT molecular complexity index is 1620. The van der Waals surface area contributed by atoms with Gasteiger partial charge in [0.05, 0.1) is 11.5 Å². The maximum atomic E-state index is 13.7. The molecule has 1 atom stereocenters. The molecule has 0 fully saturated rings. The van der Waals surface area contributed by atoms with Crippen molar-refractivity contribution < 1.29 is 33.1 Å². The van der Waals surface area contributed by atoms with Gasteiger partial charge in [0.25, 0.3) is 11.9 Å². The highest BCUT2D eigenvalue weighted by Crippen LogP contribution is 2.32. The maximum absolute atomic E-state index is 13.7. The summed E-state index contributed by atoms with van der Waals surface area (Å²) in [5, 5.41) is 3.11.